The Kier molecular flexibility index (Phi) is 3.68. The van der Waals surface area contributed by atoms with Crippen LogP contribution < -0.4 is 5.32 Å². The second-order valence-electron chi connectivity index (χ2n) is 6.20. The van der Waals surface area contributed by atoms with Gasteiger partial charge in [0.25, 0.3) is 5.91 Å². The molecule has 1 aromatic rings. The molecule has 2 atom stereocenters. The molecule has 0 aliphatic carbocycles. The number of rotatable bonds is 1. The van der Waals surface area contributed by atoms with E-state index in [-0.39, 0.29) is 5.91 Å². The van der Waals surface area contributed by atoms with Gasteiger partial charge in [-0.3, -0.25) is 4.79 Å². The summed E-state index contributed by atoms with van der Waals surface area (Å²) in [6.07, 6.45) is 5.62. The molecule has 1 aromatic carbocycles. The third-order valence-corrected chi connectivity index (χ3v) is 4.75. The van der Waals surface area contributed by atoms with Crippen molar-refractivity contribution in [2.24, 2.45) is 0 Å². The number of hydrogen-bond acceptors (Lipinski definition) is 2. The topological polar surface area (TPSA) is 32.3 Å². The smallest absolute Gasteiger partial charge is 0.254 e. The van der Waals surface area contributed by atoms with E-state index >= 15 is 0 Å². The predicted molar refractivity (Wildman–Crippen MR) is 82.2 cm³/mol. The molecule has 3 rings (SSSR count). The number of hydrogen-bond donors (Lipinski definition) is 1. The van der Waals surface area contributed by atoms with Gasteiger partial charge in [-0.15, -0.1) is 0 Å². The highest BCUT2D eigenvalue weighted by molar-refractivity contribution is 5.97. The van der Waals surface area contributed by atoms with Gasteiger partial charge in [0, 0.05) is 29.9 Å². The molecule has 3 heteroatoms. The number of benzene rings is 1. The van der Waals surface area contributed by atoms with Gasteiger partial charge in [0.2, 0.25) is 0 Å². The molecule has 20 heavy (non-hydrogen) atoms. The number of amides is 1. The van der Waals surface area contributed by atoms with Crippen molar-refractivity contribution in [2.45, 2.75) is 58.0 Å². The van der Waals surface area contributed by atoms with Crippen LogP contribution in [0.15, 0.2) is 18.2 Å². The summed E-state index contributed by atoms with van der Waals surface area (Å²) in [7, 11) is 0. The van der Waals surface area contributed by atoms with Crippen molar-refractivity contribution in [1.29, 1.82) is 0 Å². The Morgan fingerprint density at radius 3 is 2.70 bits per heavy atom. The number of nitrogens with zero attached hydrogens (tertiary/aromatic N) is 1. The van der Waals surface area contributed by atoms with Crippen LogP contribution in [0.2, 0.25) is 0 Å². The van der Waals surface area contributed by atoms with E-state index in [1.165, 1.54) is 12.0 Å². The SMILES string of the molecule is CC1CCCC(C)N1C(=O)c1cccc2c1CCCN2. The van der Waals surface area contributed by atoms with Gasteiger partial charge in [0.1, 0.15) is 0 Å². The lowest BCUT2D eigenvalue weighted by Gasteiger charge is -2.39. The van der Waals surface area contributed by atoms with Crippen LogP contribution in [0.25, 0.3) is 0 Å². The second-order valence-corrected chi connectivity index (χ2v) is 6.20. The van der Waals surface area contributed by atoms with Gasteiger partial charge in [-0.2, -0.15) is 0 Å². The van der Waals surface area contributed by atoms with Crippen molar-refractivity contribution in [3.05, 3.63) is 29.3 Å². The lowest BCUT2D eigenvalue weighted by atomic mass is 9.93. The number of carbonyl (C=O) groups is 1. The third-order valence-electron chi connectivity index (χ3n) is 4.75. The van der Waals surface area contributed by atoms with Crippen LogP contribution in [-0.4, -0.2) is 29.4 Å². The number of nitrogens with one attached hydrogen (secondary N) is 1. The average molecular weight is 272 g/mol. The molecule has 1 fully saturated rings. The minimum absolute atomic E-state index is 0.227. The first kappa shape index (κ1) is 13.5. The van der Waals surface area contributed by atoms with Gasteiger partial charge in [-0.25, -0.2) is 0 Å². The molecule has 1 N–H and O–H groups in total. The van der Waals surface area contributed by atoms with Crippen molar-refractivity contribution < 1.29 is 4.79 Å². The van der Waals surface area contributed by atoms with E-state index in [4.69, 9.17) is 0 Å². The molecule has 2 aliphatic rings. The number of piperidine rings is 1. The summed E-state index contributed by atoms with van der Waals surface area (Å²) in [5.41, 5.74) is 3.28. The fourth-order valence-electron chi connectivity index (χ4n) is 3.67. The lowest BCUT2D eigenvalue weighted by Crippen LogP contribution is -2.47. The predicted octanol–water partition coefficient (Wildman–Crippen LogP) is 3.45. The van der Waals surface area contributed by atoms with E-state index in [0.29, 0.717) is 12.1 Å². The normalized spacial score (nSPS) is 25.8. The summed E-state index contributed by atoms with van der Waals surface area (Å²) in [5.74, 6) is 0.227. The molecule has 0 aromatic heterocycles. The van der Waals surface area contributed by atoms with Crippen LogP contribution in [0.4, 0.5) is 5.69 Å². The molecular weight excluding hydrogens is 248 g/mol. The van der Waals surface area contributed by atoms with Crippen LogP contribution in [0.1, 0.15) is 55.5 Å². The Hall–Kier alpha value is -1.51. The monoisotopic (exact) mass is 272 g/mol. The zero-order valence-electron chi connectivity index (χ0n) is 12.5. The molecule has 108 valence electrons. The molecule has 2 unspecified atom stereocenters. The van der Waals surface area contributed by atoms with Crippen molar-refractivity contribution >= 4 is 11.6 Å². The first-order valence-corrected chi connectivity index (χ1v) is 7.87. The zero-order valence-corrected chi connectivity index (χ0v) is 12.5. The summed E-state index contributed by atoms with van der Waals surface area (Å²) < 4.78 is 0. The van der Waals surface area contributed by atoms with Crippen LogP contribution in [0.5, 0.6) is 0 Å². The van der Waals surface area contributed by atoms with Gasteiger partial charge in [0.05, 0.1) is 0 Å². The van der Waals surface area contributed by atoms with Gasteiger partial charge in [-0.1, -0.05) is 6.07 Å². The maximum atomic E-state index is 13.0. The summed E-state index contributed by atoms with van der Waals surface area (Å²) in [6.45, 7) is 5.38. The van der Waals surface area contributed by atoms with Gasteiger partial charge in [-0.05, 0) is 63.6 Å². The van der Waals surface area contributed by atoms with Gasteiger partial charge >= 0.3 is 0 Å². The quantitative estimate of drug-likeness (QED) is 0.849. The van der Waals surface area contributed by atoms with Crippen LogP contribution in [0, 0.1) is 0 Å². The Morgan fingerprint density at radius 1 is 1.20 bits per heavy atom. The Labute approximate surface area is 121 Å². The maximum absolute atomic E-state index is 13.0. The molecule has 0 bridgehead atoms. The third kappa shape index (κ3) is 2.30. The van der Waals surface area contributed by atoms with Crippen molar-refractivity contribution in [2.75, 3.05) is 11.9 Å². The molecule has 2 heterocycles. The van der Waals surface area contributed by atoms with E-state index in [1.807, 2.05) is 12.1 Å². The molecule has 1 amide bonds. The molecule has 3 nitrogen and oxygen atoms in total. The number of carbonyl (C=O) groups excluding carboxylic acids is 1. The minimum Gasteiger partial charge on any atom is -0.385 e. The second kappa shape index (κ2) is 5.47. The highest BCUT2D eigenvalue weighted by atomic mass is 16.2. The summed E-state index contributed by atoms with van der Waals surface area (Å²) in [4.78, 5) is 15.1. The van der Waals surface area contributed by atoms with Crippen molar-refractivity contribution in [3.63, 3.8) is 0 Å². The summed E-state index contributed by atoms with van der Waals surface area (Å²) in [5, 5.41) is 3.41. The first-order valence-electron chi connectivity index (χ1n) is 7.87. The molecule has 1 saturated heterocycles. The molecule has 0 spiro atoms. The average Bonchev–Trinajstić information content (AvgIpc) is 2.46. The Balaban J connectivity index is 1.94. The highest BCUT2D eigenvalue weighted by Gasteiger charge is 2.31. The summed E-state index contributed by atoms with van der Waals surface area (Å²) in [6, 6.07) is 6.82. The maximum Gasteiger partial charge on any atom is 0.254 e. The van der Waals surface area contributed by atoms with Crippen molar-refractivity contribution in [1.82, 2.24) is 4.90 Å². The fraction of sp³-hybridized carbons (Fsp3) is 0.588. The summed E-state index contributed by atoms with van der Waals surface area (Å²) >= 11 is 0. The van der Waals surface area contributed by atoms with Crippen LogP contribution in [-0.2, 0) is 6.42 Å². The number of anilines is 1. The van der Waals surface area contributed by atoms with Crippen LogP contribution in [0.3, 0.4) is 0 Å². The number of likely N-dealkylation sites (tertiary alicyclic amines) is 1. The standard InChI is InChI=1S/C17H24N2O/c1-12-6-3-7-13(2)19(12)17(20)15-8-4-10-16-14(15)9-5-11-18-16/h4,8,10,12-13,18H,3,5-7,9,11H2,1-2H3. The van der Waals surface area contributed by atoms with E-state index in [1.54, 1.807) is 0 Å². The first-order chi connectivity index (χ1) is 9.68. The zero-order chi connectivity index (χ0) is 14.1. The molecule has 2 aliphatic heterocycles. The van der Waals surface area contributed by atoms with Gasteiger partial charge in [0.15, 0.2) is 0 Å². The molecule has 0 radical (unpaired) electrons. The van der Waals surface area contributed by atoms with E-state index in [0.717, 1.165) is 43.5 Å². The minimum atomic E-state index is 0.227. The van der Waals surface area contributed by atoms with Crippen molar-refractivity contribution in [3.8, 4) is 0 Å². The van der Waals surface area contributed by atoms with E-state index in [2.05, 4.69) is 30.1 Å². The molecular formula is C17H24N2O. The van der Waals surface area contributed by atoms with Crippen LogP contribution >= 0.6 is 0 Å². The molecule has 0 saturated carbocycles. The lowest BCUT2D eigenvalue weighted by molar-refractivity contribution is 0.0509. The van der Waals surface area contributed by atoms with E-state index < -0.39 is 0 Å². The fourth-order valence-corrected chi connectivity index (χ4v) is 3.67. The Bertz CT molecular complexity index is 502. The van der Waals surface area contributed by atoms with E-state index in [9.17, 15) is 4.79 Å². The number of fused-ring (bicyclic) bond motifs is 1. The largest absolute Gasteiger partial charge is 0.385 e. The van der Waals surface area contributed by atoms with Gasteiger partial charge < -0.3 is 10.2 Å². The highest BCUT2D eigenvalue weighted by Crippen LogP contribution is 2.30. The Morgan fingerprint density at radius 2 is 1.95 bits per heavy atom.